The minimum Gasteiger partial charge on any atom is -0.449 e. The summed E-state index contributed by atoms with van der Waals surface area (Å²) in [4.78, 5) is 27.5. The van der Waals surface area contributed by atoms with E-state index in [4.69, 9.17) is 16.3 Å². The van der Waals surface area contributed by atoms with Crippen LogP contribution in [0.2, 0.25) is 5.02 Å². The van der Waals surface area contributed by atoms with Gasteiger partial charge < -0.3 is 10.1 Å². The van der Waals surface area contributed by atoms with Gasteiger partial charge in [0.25, 0.3) is 5.91 Å². The van der Waals surface area contributed by atoms with Crippen molar-refractivity contribution in [2.24, 2.45) is 11.8 Å². The van der Waals surface area contributed by atoms with E-state index in [2.05, 4.69) is 19.2 Å². The predicted octanol–water partition coefficient (Wildman–Crippen LogP) is 5.19. The molecule has 2 aliphatic rings. The Morgan fingerprint density at radius 2 is 2.00 bits per heavy atom. The molecular weight excluding hydrogens is 431 g/mol. The van der Waals surface area contributed by atoms with Gasteiger partial charge in [0.2, 0.25) is 5.91 Å². The second-order valence-electron chi connectivity index (χ2n) is 8.55. The maximum atomic E-state index is 14.3. The number of fused-ring (bicyclic) bond motifs is 1. The summed E-state index contributed by atoms with van der Waals surface area (Å²) < 4.78 is 20.1. The summed E-state index contributed by atoms with van der Waals surface area (Å²) in [6, 6.07) is 11.3. The van der Waals surface area contributed by atoms with Gasteiger partial charge in [0.15, 0.2) is 11.5 Å². The molecule has 168 valence electrons. The first-order valence-corrected chi connectivity index (χ1v) is 11.3. The Hall–Kier alpha value is -2.86. The van der Waals surface area contributed by atoms with Gasteiger partial charge in [-0.15, -0.1) is 0 Å². The summed E-state index contributed by atoms with van der Waals surface area (Å²) in [6.45, 7) is 4.21. The predicted molar refractivity (Wildman–Crippen MR) is 123 cm³/mol. The quantitative estimate of drug-likeness (QED) is 0.644. The first kappa shape index (κ1) is 22.3. The van der Waals surface area contributed by atoms with Gasteiger partial charge in [0.05, 0.1) is 10.7 Å². The van der Waals surface area contributed by atoms with Gasteiger partial charge in [-0.25, -0.2) is 4.39 Å². The van der Waals surface area contributed by atoms with Crippen molar-refractivity contribution in [3.8, 4) is 5.75 Å². The van der Waals surface area contributed by atoms with Crippen LogP contribution in [0.1, 0.15) is 38.7 Å². The van der Waals surface area contributed by atoms with E-state index in [1.54, 1.807) is 24.3 Å². The number of halogens is 2. The van der Waals surface area contributed by atoms with Crippen molar-refractivity contribution in [1.82, 2.24) is 5.32 Å². The molecule has 0 spiro atoms. The normalized spacial score (nSPS) is 24.1. The summed E-state index contributed by atoms with van der Waals surface area (Å²) in [5, 5.41) is 3.27. The molecule has 0 radical (unpaired) electrons. The number of carbonyl (C=O) groups excluding carboxylic acids is 2. The monoisotopic (exact) mass is 456 g/mol. The van der Waals surface area contributed by atoms with Gasteiger partial charge in [0.1, 0.15) is 12.4 Å². The molecule has 7 heteroatoms. The molecule has 1 aliphatic heterocycles. The number of nitrogens with zero attached hydrogens (tertiary/aromatic N) is 1. The first-order valence-electron chi connectivity index (χ1n) is 10.9. The average molecular weight is 457 g/mol. The third-order valence-corrected chi connectivity index (χ3v) is 6.79. The minimum atomic E-state index is -0.565. The second-order valence-corrected chi connectivity index (χ2v) is 8.95. The van der Waals surface area contributed by atoms with Gasteiger partial charge in [0, 0.05) is 11.6 Å². The number of anilines is 1. The molecule has 0 saturated heterocycles. The van der Waals surface area contributed by atoms with E-state index in [1.165, 1.54) is 29.2 Å². The van der Waals surface area contributed by atoms with Crippen LogP contribution in [0, 0.1) is 17.7 Å². The van der Waals surface area contributed by atoms with Crippen LogP contribution in [0.15, 0.2) is 48.2 Å². The highest BCUT2D eigenvalue weighted by molar-refractivity contribution is 6.32. The van der Waals surface area contributed by atoms with E-state index in [0.29, 0.717) is 23.3 Å². The second kappa shape index (κ2) is 9.33. The molecule has 0 unspecified atom stereocenters. The van der Waals surface area contributed by atoms with E-state index in [1.807, 2.05) is 0 Å². The fourth-order valence-corrected chi connectivity index (χ4v) is 4.60. The number of rotatable bonds is 4. The molecule has 32 heavy (non-hydrogen) atoms. The third kappa shape index (κ3) is 4.51. The third-order valence-electron chi connectivity index (χ3n) is 6.46. The zero-order valence-corrected chi connectivity index (χ0v) is 18.9. The fraction of sp³-hybridized carbons (Fsp3) is 0.360. The Kier molecular flexibility index (Phi) is 6.51. The van der Waals surface area contributed by atoms with Crippen LogP contribution in [-0.4, -0.2) is 24.4 Å². The number of hydrogen-bond acceptors (Lipinski definition) is 3. The fourth-order valence-electron chi connectivity index (χ4n) is 4.38. The van der Waals surface area contributed by atoms with Gasteiger partial charge >= 0.3 is 0 Å². The Morgan fingerprint density at radius 3 is 2.78 bits per heavy atom. The average Bonchev–Trinajstić information content (AvgIpc) is 2.76. The summed E-state index contributed by atoms with van der Waals surface area (Å²) in [5.41, 5.74) is 0.556. The number of benzene rings is 2. The molecule has 2 aromatic carbocycles. The molecule has 2 amide bonds. The molecular formula is C25H26ClFN2O3. The highest BCUT2D eigenvalue weighted by Gasteiger charge is 2.34. The molecule has 2 aromatic rings. The van der Waals surface area contributed by atoms with Crippen LogP contribution < -0.4 is 15.0 Å². The molecule has 0 bridgehead atoms. The van der Waals surface area contributed by atoms with Gasteiger partial charge in [-0.3, -0.25) is 14.5 Å². The van der Waals surface area contributed by atoms with Crippen molar-refractivity contribution in [2.75, 3.05) is 11.4 Å². The smallest absolute Gasteiger partial charge is 0.294 e. The van der Waals surface area contributed by atoms with Crippen molar-refractivity contribution >= 4 is 35.2 Å². The lowest BCUT2D eigenvalue weighted by atomic mass is 9.78. The van der Waals surface area contributed by atoms with Crippen molar-refractivity contribution in [2.45, 2.75) is 39.2 Å². The maximum Gasteiger partial charge on any atom is 0.294 e. The van der Waals surface area contributed by atoms with Gasteiger partial charge in [-0.2, -0.15) is 0 Å². The van der Waals surface area contributed by atoms with Crippen LogP contribution >= 0.6 is 11.6 Å². The summed E-state index contributed by atoms with van der Waals surface area (Å²) in [7, 11) is 0. The van der Waals surface area contributed by atoms with E-state index in [0.717, 1.165) is 19.3 Å². The number of nitrogens with one attached hydrogen (secondary N) is 1. The Balaban J connectivity index is 1.60. The zero-order chi connectivity index (χ0) is 22.8. The lowest BCUT2D eigenvalue weighted by Gasteiger charge is -2.35. The van der Waals surface area contributed by atoms with Crippen LogP contribution in [-0.2, 0) is 9.59 Å². The Morgan fingerprint density at radius 1 is 1.22 bits per heavy atom. The Labute approximate surface area is 192 Å². The zero-order valence-electron chi connectivity index (χ0n) is 18.1. The highest BCUT2D eigenvalue weighted by atomic mass is 35.5. The van der Waals surface area contributed by atoms with E-state index in [9.17, 15) is 14.0 Å². The van der Waals surface area contributed by atoms with Gasteiger partial charge in [-0.1, -0.05) is 56.5 Å². The van der Waals surface area contributed by atoms with Crippen molar-refractivity contribution in [1.29, 1.82) is 0 Å². The van der Waals surface area contributed by atoms with E-state index in [-0.39, 0.29) is 34.8 Å². The molecule has 4 rings (SSSR count). The van der Waals surface area contributed by atoms with Crippen LogP contribution in [0.3, 0.4) is 0 Å². The molecule has 5 nitrogen and oxygen atoms in total. The van der Waals surface area contributed by atoms with Crippen molar-refractivity contribution in [3.05, 3.63) is 64.6 Å². The molecule has 1 heterocycles. The van der Waals surface area contributed by atoms with E-state index < -0.39 is 11.7 Å². The van der Waals surface area contributed by atoms with Crippen LogP contribution in [0.4, 0.5) is 10.1 Å². The van der Waals surface area contributed by atoms with Crippen LogP contribution in [0.5, 0.6) is 5.75 Å². The molecule has 1 aliphatic carbocycles. The van der Waals surface area contributed by atoms with Crippen molar-refractivity contribution in [3.63, 3.8) is 0 Å². The maximum absolute atomic E-state index is 14.3. The largest absolute Gasteiger partial charge is 0.449 e. The standard InChI is InChI=1S/C25H26ClFN2O3/c1-15-7-5-10-20(16(15)2)28-24(30)14-29-21-11-3-4-12-22(21)32-23(25(29)31)13-17-18(26)8-6-9-19(17)27/h3-4,6,8-9,11-13,15-16,20H,5,7,10,14H2,1-2H3,(H,28,30)/b23-13-/t15-,16+,20-/m1/s1. The number of carbonyl (C=O) groups is 2. The highest BCUT2D eigenvalue weighted by Crippen LogP contribution is 2.36. The molecule has 1 N–H and O–H groups in total. The molecule has 3 atom stereocenters. The Bertz CT molecular complexity index is 1050. The van der Waals surface area contributed by atoms with Gasteiger partial charge in [-0.05, 0) is 48.6 Å². The number of hydrogen-bond donors (Lipinski definition) is 1. The number of amides is 2. The molecule has 1 saturated carbocycles. The van der Waals surface area contributed by atoms with Crippen LogP contribution in [0.25, 0.3) is 6.08 Å². The SMILES string of the molecule is C[C@H]1[C@H](C)CCC[C@H]1NC(=O)CN1C(=O)/C(=C/c2c(F)cccc2Cl)Oc2ccccc21. The van der Waals surface area contributed by atoms with Crippen molar-refractivity contribution < 1.29 is 18.7 Å². The lowest BCUT2D eigenvalue weighted by molar-refractivity contribution is -0.124. The minimum absolute atomic E-state index is 0.0614. The summed E-state index contributed by atoms with van der Waals surface area (Å²) in [5.74, 6) is -0.0854. The topological polar surface area (TPSA) is 58.6 Å². The van der Waals surface area contributed by atoms with E-state index >= 15 is 0 Å². The summed E-state index contributed by atoms with van der Waals surface area (Å²) >= 11 is 6.12. The number of ether oxygens (including phenoxy) is 1. The summed E-state index contributed by atoms with van der Waals surface area (Å²) in [6.07, 6.45) is 4.45. The lowest BCUT2D eigenvalue weighted by Crippen LogP contribution is -2.49. The first-order chi connectivity index (χ1) is 15.3. The number of para-hydroxylation sites is 2. The molecule has 1 fully saturated rings. The molecule has 0 aromatic heterocycles.